The molecule has 0 aromatic heterocycles. The van der Waals surface area contributed by atoms with E-state index in [-0.39, 0.29) is 0 Å². The Morgan fingerprint density at radius 3 is 1.94 bits per heavy atom. The van der Waals surface area contributed by atoms with Crippen molar-refractivity contribution >= 4 is 0 Å². The zero-order valence-corrected chi connectivity index (χ0v) is 16.6. The number of halogens is 6. The topological polar surface area (TPSA) is 9.23 Å². The first-order chi connectivity index (χ1) is 14.6. The van der Waals surface area contributed by atoms with Crippen molar-refractivity contribution in [2.75, 3.05) is 0 Å². The average molecular weight is 438 g/mol. The van der Waals surface area contributed by atoms with E-state index in [2.05, 4.69) is 11.7 Å². The van der Waals surface area contributed by atoms with Gasteiger partial charge in [-0.05, 0) is 46.4 Å². The molecule has 0 saturated carbocycles. The van der Waals surface area contributed by atoms with Crippen molar-refractivity contribution in [2.24, 2.45) is 0 Å². The third kappa shape index (κ3) is 5.40. The number of aryl methyl sites for hydroxylation is 1. The zero-order chi connectivity index (χ0) is 22.6. The van der Waals surface area contributed by atoms with Crippen molar-refractivity contribution in [3.05, 3.63) is 78.4 Å². The van der Waals surface area contributed by atoms with Gasteiger partial charge < -0.3 is 4.74 Å². The Hall–Kier alpha value is -2.96. The van der Waals surface area contributed by atoms with E-state index < -0.39 is 24.2 Å². The molecule has 0 heterocycles. The highest BCUT2D eigenvalue weighted by Gasteiger charge is 2.59. The quantitative estimate of drug-likeness (QED) is 0.341. The minimum Gasteiger partial charge on any atom is -0.430 e. The van der Waals surface area contributed by atoms with Crippen molar-refractivity contribution in [1.29, 1.82) is 0 Å². The van der Waals surface area contributed by atoms with E-state index in [0.29, 0.717) is 11.1 Å². The molecule has 1 atom stereocenters. The molecule has 0 fully saturated rings. The van der Waals surface area contributed by atoms with Crippen molar-refractivity contribution in [2.45, 2.75) is 38.2 Å². The van der Waals surface area contributed by atoms with Crippen LogP contribution in [-0.2, 0) is 6.42 Å². The molecule has 164 valence electrons. The third-order valence-corrected chi connectivity index (χ3v) is 4.69. The van der Waals surface area contributed by atoms with E-state index >= 15 is 0 Å². The fourth-order valence-electron chi connectivity index (χ4n) is 3.30. The van der Waals surface area contributed by atoms with Crippen LogP contribution in [0.1, 0.15) is 18.9 Å². The smallest absolute Gasteiger partial charge is 0.430 e. The lowest BCUT2D eigenvalue weighted by Crippen LogP contribution is -2.45. The second kappa shape index (κ2) is 9.04. The highest BCUT2D eigenvalue weighted by atomic mass is 19.4. The van der Waals surface area contributed by atoms with Gasteiger partial charge in [-0.1, -0.05) is 74.0 Å². The average Bonchev–Trinajstić information content (AvgIpc) is 2.73. The van der Waals surface area contributed by atoms with Gasteiger partial charge in [0.25, 0.3) is 6.17 Å². The summed E-state index contributed by atoms with van der Waals surface area (Å²) < 4.78 is 81.8. The van der Waals surface area contributed by atoms with Crippen LogP contribution in [0.5, 0.6) is 5.75 Å². The van der Waals surface area contributed by atoms with Crippen LogP contribution in [0.2, 0.25) is 0 Å². The molecule has 0 saturated heterocycles. The van der Waals surface area contributed by atoms with E-state index in [1.165, 1.54) is 12.1 Å². The summed E-state index contributed by atoms with van der Waals surface area (Å²) in [5.41, 5.74) is 4.01. The predicted molar refractivity (Wildman–Crippen MR) is 108 cm³/mol. The first-order valence-corrected chi connectivity index (χ1v) is 9.68. The maximum absolute atomic E-state index is 13.7. The van der Waals surface area contributed by atoms with Crippen LogP contribution in [0.3, 0.4) is 0 Å². The number of hydrogen-bond acceptors (Lipinski definition) is 1. The lowest BCUT2D eigenvalue weighted by atomic mass is 9.93. The molecule has 0 radical (unpaired) electrons. The first-order valence-electron chi connectivity index (χ1n) is 9.68. The molecule has 0 spiro atoms. The van der Waals surface area contributed by atoms with Crippen LogP contribution in [0.4, 0.5) is 26.3 Å². The molecule has 31 heavy (non-hydrogen) atoms. The number of ether oxygens (including phenoxy) is 1. The highest BCUT2D eigenvalue weighted by Crippen LogP contribution is 2.38. The Labute approximate surface area is 176 Å². The number of alkyl halides is 6. The predicted octanol–water partition coefficient (Wildman–Crippen LogP) is 7.85. The van der Waals surface area contributed by atoms with Crippen LogP contribution in [0.25, 0.3) is 22.3 Å². The molecule has 3 aromatic rings. The Morgan fingerprint density at radius 1 is 0.774 bits per heavy atom. The SMILES string of the molecule is CCCc1cccc(-c2ccccc2-c2cccc(OC(F)(F)C(F)C(F)(F)F)c2)c1. The zero-order valence-electron chi connectivity index (χ0n) is 16.6. The maximum Gasteiger partial charge on any atom is 0.439 e. The lowest BCUT2D eigenvalue weighted by Gasteiger charge is -2.23. The van der Waals surface area contributed by atoms with Crippen LogP contribution in [-0.4, -0.2) is 18.5 Å². The summed E-state index contributed by atoms with van der Waals surface area (Å²) in [6.45, 7) is 2.07. The maximum atomic E-state index is 13.7. The van der Waals surface area contributed by atoms with E-state index in [1.807, 2.05) is 36.4 Å². The van der Waals surface area contributed by atoms with Gasteiger partial charge in [0.15, 0.2) is 0 Å². The van der Waals surface area contributed by atoms with Gasteiger partial charge in [0.1, 0.15) is 5.75 Å². The standard InChI is InChI=1S/C24H20F6O/c1-2-7-16-8-5-9-17(14-16)20-12-3-4-13-21(20)18-10-6-11-19(15-18)31-24(29,30)22(25)23(26,27)28/h3-6,8-15,22H,2,7H2,1H3. The van der Waals surface area contributed by atoms with Gasteiger partial charge in [0.05, 0.1) is 0 Å². The molecule has 0 bridgehead atoms. The number of benzene rings is 3. The normalized spacial score (nSPS) is 13.1. The fraction of sp³-hybridized carbons (Fsp3) is 0.250. The molecule has 3 rings (SSSR count). The molecule has 0 N–H and O–H groups in total. The van der Waals surface area contributed by atoms with Gasteiger partial charge in [0, 0.05) is 0 Å². The van der Waals surface area contributed by atoms with Crippen LogP contribution >= 0.6 is 0 Å². The monoisotopic (exact) mass is 438 g/mol. The molecular formula is C24H20F6O. The molecule has 0 aliphatic rings. The summed E-state index contributed by atoms with van der Waals surface area (Å²) >= 11 is 0. The minimum atomic E-state index is -5.74. The fourth-order valence-corrected chi connectivity index (χ4v) is 3.30. The Balaban J connectivity index is 1.96. The summed E-state index contributed by atoms with van der Waals surface area (Å²) in [4.78, 5) is 0. The van der Waals surface area contributed by atoms with Gasteiger partial charge in [0.2, 0.25) is 0 Å². The van der Waals surface area contributed by atoms with Crippen molar-refractivity contribution in [1.82, 2.24) is 0 Å². The van der Waals surface area contributed by atoms with E-state index in [0.717, 1.165) is 35.6 Å². The van der Waals surface area contributed by atoms with Crippen molar-refractivity contribution in [3.8, 4) is 28.0 Å². The summed E-state index contributed by atoms with van der Waals surface area (Å²) in [5, 5.41) is 0. The summed E-state index contributed by atoms with van der Waals surface area (Å²) in [6, 6.07) is 20.3. The summed E-state index contributed by atoms with van der Waals surface area (Å²) in [7, 11) is 0. The Bertz CT molecular complexity index is 1030. The second-order valence-corrected chi connectivity index (χ2v) is 7.09. The van der Waals surface area contributed by atoms with Gasteiger partial charge >= 0.3 is 12.3 Å². The minimum absolute atomic E-state index is 0.451. The van der Waals surface area contributed by atoms with Gasteiger partial charge in [-0.25, -0.2) is 4.39 Å². The van der Waals surface area contributed by atoms with E-state index in [9.17, 15) is 26.3 Å². The van der Waals surface area contributed by atoms with Crippen molar-refractivity contribution in [3.63, 3.8) is 0 Å². The number of rotatable bonds is 7. The molecule has 0 aliphatic carbocycles. The van der Waals surface area contributed by atoms with E-state index in [1.54, 1.807) is 18.2 Å². The lowest BCUT2D eigenvalue weighted by molar-refractivity contribution is -0.304. The van der Waals surface area contributed by atoms with Gasteiger partial charge in [-0.3, -0.25) is 0 Å². The molecular weight excluding hydrogens is 418 g/mol. The Morgan fingerprint density at radius 2 is 1.35 bits per heavy atom. The van der Waals surface area contributed by atoms with Crippen molar-refractivity contribution < 1.29 is 31.1 Å². The van der Waals surface area contributed by atoms with Gasteiger partial charge in [-0.2, -0.15) is 22.0 Å². The highest BCUT2D eigenvalue weighted by molar-refractivity contribution is 5.84. The van der Waals surface area contributed by atoms with Crippen LogP contribution in [0.15, 0.2) is 72.8 Å². The molecule has 0 aliphatic heterocycles. The molecule has 7 heteroatoms. The molecule has 3 aromatic carbocycles. The van der Waals surface area contributed by atoms with E-state index in [4.69, 9.17) is 0 Å². The summed E-state index contributed by atoms with van der Waals surface area (Å²) in [5.74, 6) is -0.566. The van der Waals surface area contributed by atoms with Crippen LogP contribution < -0.4 is 4.74 Å². The largest absolute Gasteiger partial charge is 0.439 e. The Kier molecular flexibility index (Phi) is 6.62. The van der Waals surface area contributed by atoms with Gasteiger partial charge in [-0.15, -0.1) is 0 Å². The van der Waals surface area contributed by atoms with Crippen LogP contribution in [0, 0.1) is 0 Å². The molecule has 0 amide bonds. The molecule has 1 nitrogen and oxygen atoms in total. The second-order valence-electron chi connectivity index (χ2n) is 7.09. The summed E-state index contributed by atoms with van der Waals surface area (Å²) in [6.07, 6.45) is -13.3. The third-order valence-electron chi connectivity index (χ3n) is 4.69. The number of hydrogen-bond donors (Lipinski definition) is 0. The first kappa shape index (κ1) is 22.7. The molecule has 1 unspecified atom stereocenters.